The topological polar surface area (TPSA) is 63.6 Å². The average molecular weight is 283 g/mol. The van der Waals surface area contributed by atoms with E-state index in [0.717, 1.165) is 10.5 Å². The first-order valence-corrected chi connectivity index (χ1v) is 5.28. The van der Waals surface area contributed by atoms with E-state index in [-0.39, 0.29) is 18.0 Å². The molecule has 0 saturated heterocycles. The van der Waals surface area contributed by atoms with Crippen LogP contribution in [0.4, 0.5) is 0 Å². The number of halogens is 1. The van der Waals surface area contributed by atoms with E-state index in [1.807, 2.05) is 0 Å². The standard InChI is InChI=1S/C11H7BrO4/c12-7-1-2-9-8(4-7)11(15)6(5-16-9)3-10(13)14/h1-4H,5H2,(H,13,14). The quantitative estimate of drug-likeness (QED) is 0.801. The number of benzene rings is 1. The molecule has 0 amide bonds. The van der Waals surface area contributed by atoms with E-state index in [0.29, 0.717) is 11.3 Å². The molecule has 5 heteroatoms. The Hall–Kier alpha value is -1.62. The second-order valence-electron chi connectivity index (χ2n) is 3.27. The smallest absolute Gasteiger partial charge is 0.328 e. The molecular weight excluding hydrogens is 276 g/mol. The van der Waals surface area contributed by atoms with Crippen LogP contribution in [0.15, 0.2) is 34.3 Å². The van der Waals surface area contributed by atoms with Gasteiger partial charge in [0.25, 0.3) is 0 Å². The van der Waals surface area contributed by atoms with Gasteiger partial charge in [0.05, 0.1) is 5.56 Å². The molecule has 0 saturated carbocycles. The van der Waals surface area contributed by atoms with Crippen molar-refractivity contribution in [1.82, 2.24) is 0 Å². The highest BCUT2D eigenvalue weighted by molar-refractivity contribution is 9.10. The molecule has 1 heterocycles. The van der Waals surface area contributed by atoms with Crippen LogP contribution in [-0.2, 0) is 4.79 Å². The molecule has 0 fully saturated rings. The van der Waals surface area contributed by atoms with E-state index in [1.165, 1.54) is 0 Å². The highest BCUT2D eigenvalue weighted by Gasteiger charge is 2.24. The zero-order valence-corrected chi connectivity index (χ0v) is 9.65. The summed E-state index contributed by atoms with van der Waals surface area (Å²) in [4.78, 5) is 22.4. The van der Waals surface area contributed by atoms with E-state index in [9.17, 15) is 9.59 Å². The lowest BCUT2D eigenvalue weighted by molar-refractivity contribution is -0.131. The normalized spacial score (nSPS) is 16.8. The largest absolute Gasteiger partial charge is 0.488 e. The van der Waals surface area contributed by atoms with Crippen LogP contribution >= 0.6 is 15.9 Å². The number of hydrogen-bond acceptors (Lipinski definition) is 3. The number of ketones is 1. The SMILES string of the molecule is O=C(O)C=C1COc2ccc(Br)cc2C1=O. The minimum atomic E-state index is -1.15. The van der Waals surface area contributed by atoms with Gasteiger partial charge < -0.3 is 9.84 Å². The molecule has 1 aliphatic rings. The van der Waals surface area contributed by atoms with Crippen molar-refractivity contribution in [2.75, 3.05) is 6.61 Å². The summed E-state index contributed by atoms with van der Waals surface area (Å²) in [6.07, 6.45) is 0.881. The first-order chi connectivity index (χ1) is 7.58. The van der Waals surface area contributed by atoms with E-state index in [2.05, 4.69) is 15.9 Å². The maximum absolute atomic E-state index is 11.9. The van der Waals surface area contributed by atoms with Gasteiger partial charge in [0.1, 0.15) is 12.4 Å². The maximum Gasteiger partial charge on any atom is 0.328 e. The van der Waals surface area contributed by atoms with Gasteiger partial charge in [-0.1, -0.05) is 15.9 Å². The number of carboxylic acids is 1. The van der Waals surface area contributed by atoms with Crippen molar-refractivity contribution in [2.45, 2.75) is 0 Å². The van der Waals surface area contributed by atoms with Gasteiger partial charge in [-0.05, 0) is 18.2 Å². The highest BCUT2D eigenvalue weighted by atomic mass is 79.9. The molecule has 0 atom stereocenters. The van der Waals surface area contributed by atoms with E-state index < -0.39 is 5.97 Å². The van der Waals surface area contributed by atoms with Crippen molar-refractivity contribution in [3.8, 4) is 5.75 Å². The molecule has 0 radical (unpaired) electrons. The van der Waals surface area contributed by atoms with Crippen molar-refractivity contribution >= 4 is 27.7 Å². The van der Waals surface area contributed by atoms with Crippen molar-refractivity contribution in [3.63, 3.8) is 0 Å². The lowest BCUT2D eigenvalue weighted by atomic mass is 10.0. The molecule has 0 unspecified atom stereocenters. The molecule has 0 aliphatic carbocycles. The first kappa shape index (κ1) is 10.9. The van der Waals surface area contributed by atoms with Gasteiger partial charge in [0.15, 0.2) is 5.78 Å². The summed E-state index contributed by atoms with van der Waals surface area (Å²) in [6.45, 7) is -0.000232. The minimum absolute atomic E-state index is 0.000232. The molecule has 1 aromatic carbocycles. The summed E-state index contributed by atoms with van der Waals surface area (Å²) in [6, 6.07) is 5.05. The number of rotatable bonds is 1. The fourth-order valence-electron chi connectivity index (χ4n) is 1.46. The van der Waals surface area contributed by atoms with Gasteiger partial charge in [0, 0.05) is 16.1 Å². The summed E-state index contributed by atoms with van der Waals surface area (Å²) < 4.78 is 6.04. The van der Waals surface area contributed by atoms with Gasteiger partial charge in [-0.2, -0.15) is 0 Å². The molecule has 0 spiro atoms. The number of hydrogen-bond donors (Lipinski definition) is 1. The Balaban J connectivity index is 2.46. The third-order valence-corrected chi connectivity index (χ3v) is 2.65. The Kier molecular flexibility index (Phi) is 2.78. The van der Waals surface area contributed by atoms with Crippen LogP contribution in [-0.4, -0.2) is 23.5 Å². The lowest BCUT2D eigenvalue weighted by Crippen LogP contribution is -2.20. The molecule has 0 bridgehead atoms. The van der Waals surface area contributed by atoms with Crippen molar-refractivity contribution in [1.29, 1.82) is 0 Å². The van der Waals surface area contributed by atoms with Crippen molar-refractivity contribution in [2.24, 2.45) is 0 Å². The van der Waals surface area contributed by atoms with Gasteiger partial charge in [-0.15, -0.1) is 0 Å². The lowest BCUT2D eigenvalue weighted by Gasteiger charge is -2.18. The third kappa shape index (κ3) is 1.99. The zero-order chi connectivity index (χ0) is 11.7. The number of ether oxygens (including phenoxy) is 1. The number of carboxylic acid groups (broad SMARTS) is 1. The molecule has 2 rings (SSSR count). The van der Waals surface area contributed by atoms with Gasteiger partial charge in [0.2, 0.25) is 0 Å². The summed E-state index contributed by atoms with van der Waals surface area (Å²) in [5, 5.41) is 8.59. The first-order valence-electron chi connectivity index (χ1n) is 4.48. The summed E-state index contributed by atoms with van der Waals surface area (Å²) in [5.74, 6) is -0.967. The van der Waals surface area contributed by atoms with E-state index in [4.69, 9.17) is 9.84 Å². The minimum Gasteiger partial charge on any atom is -0.488 e. The van der Waals surface area contributed by atoms with Crippen LogP contribution in [0.1, 0.15) is 10.4 Å². The van der Waals surface area contributed by atoms with Crippen LogP contribution in [0.2, 0.25) is 0 Å². The Labute approximate surface area is 99.7 Å². The predicted octanol–water partition coefficient (Wildman–Crippen LogP) is 2.04. The van der Waals surface area contributed by atoms with Crippen molar-refractivity contribution in [3.05, 3.63) is 39.9 Å². The zero-order valence-electron chi connectivity index (χ0n) is 8.07. The fourth-order valence-corrected chi connectivity index (χ4v) is 1.82. The van der Waals surface area contributed by atoms with Gasteiger partial charge in [-0.3, -0.25) is 4.79 Å². The molecule has 4 nitrogen and oxygen atoms in total. The summed E-state index contributed by atoms with van der Waals surface area (Å²) in [5.41, 5.74) is 0.534. The third-order valence-electron chi connectivity index (χ3n) is 2.16. The second-order valence-corrected chi connectivity index (χ2v) is 4.18. The molecule has 0 aromatic heterocycles. The maximum atomic E-state index is 11.9. The molecule has 1 N–H and O–H groups in total. The Morgan fingerprint density at radius 1 is 1.50 bits per heavy atom. The van der Waals surface area contributed by atoms with Crippen LogP contribution < -0.4 is 4.74 Å². The average Bonchev–Trinajstić information content (AvgIpc) is 2.22. The number of aliphatic carboxylic acids is 1. The molecular formula is C11H7BrO4. The molecule has 82 valence electrons. The van der Waals surface area contributed by atoms with E-state index in [1.54, 1.807) is 18.2 Å². The number of fused-ring (bicyclic) bond motifs is 1. The predicted molar refractivity (Wildman–Crippen MR) is 59.7 cm³/mol. The number of Topliss-reactive ketones (excluding diaryl/α,β-unsaturated/α-hetero) is 1. The van der Waals surface area contributed by atoms with Crippen LogP contribution in [0, 0.1) is 0 Å². The number of carbonyl (C=O) groups is 2. The highest BCUT2D eigenvalue weighted by Crippen LogP contribution is 2.29. The van der Waals surface area contributed by atoms with E-state index >= 15 is 0 Å². The Morgan fingerprint density at radius 3 is 2.94 bits per heavy atom. The summed E-state index contributed by atoms with van der Waals surface area (Å²) >= 11 is 3.25. The van der Waals surface area contributed by atoms with Gasteiger partial charge >= 0.3 is 5.97 Å². The second kappa shape index (κ2) is 4.09. The van der Waals surface area contributed by atoms with Crippen LogP contribution in [0.5, 0.6) is 5.75 Å². The Morgan fingerprint density at radius 2 is 2.25 bits per heavy atom. The Bertz CT molecular complexity index is 505. The monoisotopic (exact) mass is 282 g/mol. The molecule has 1 aliphatic heterocycles. The van der Waals surface area contributed by atoms with Crippen molar-refractivity contribution < 1.29 is 19.4 Å². The number of carbonyl (C=O) groups excluding carboxylic acids is 1. The molecule has 16 heavy (non-hydrogen) atoms. The van der Waals surface area contributed by atoms with Gasteiger partial charge in [-0.25, -0.2) is 4.79 Å². The van der Waals surface area contributed by atoms with Crippen LogP contribution in [0.3, 0.4) is 0 Å². The summed E-state index contributed by atoms with van der Waals surface area (Å²) in [7, 11) is 0. The molecule has 1 aromatic rings. The fraction of sp³-hybridized carbons (Fsp3) is 0.0909. The van der Waals surface area contributed by atoms with Crippen LogP contribution in [0.25, 0.3) is 0 Å².